The highest BCUT2D eigenvalue weighted by atomic mass is 32.2. The van der Waals surface area contributed by atoms with Gasteiger partial charge in [-0.3, -0.25) is 4.79 Å². The second-order valence-corrected chi connectivity index (χ2v) is 5.92. The van der Waals surface area contributed by atoms with Crippen molar-refractivity contribution >= 4 is 16.0 Å². The van der Waals surface area contributed by atoms with Crippen molar-refractivity contribution in [3.8, 4) is 11.5 Å². The van der Waals surface area contributed by atoms with Crippen molar-refractivity contribution in [3.05, 3.63) is 17.9 Å². The Morgan fingerprint density at radius 2 is 1.82 bits per heavy atom. The van der Waals surface area contributed by atoms with Crippen molar-refractivity contribution in [3.63, 3.8) is 0 Å². The molecule has 0 aliphatic carbocycles. The van der Waals surface area contributed by atoms with Crippen LogP contribution in [0.15, 0.2) is 17.0 Å². The third kappa shape index (κ3) is 4.08. The predicted molar refractivity (Wildman–Crippen MR) is 75.9 cm³/mol. The van der Waals surface area contributed by atoms with Crippen molar-refractivity contribution in [2.45, 2.75) is 24.8 Å². The van der Waals surface area contributed by atoms with Gasteiger partial charge in [-0.2, -0.15) is 4.72 Å². The van der Waals surface area contributed by atoms with Crippen LogP contribution in [0.25, 0.3) is 0 Å². The SMILES string of the molecule is CCOC(=O)[C@@H](C)NS(=O)(=O)c1cc(OC)c(OC)cc1F. The lowest BCUT2D eigenvalue weighted by Crippen LogP contribution is -2.39. The highest BCUT2D eigenvalue weighted by molar-refractivity contribution is 7.89. The number of hydrogen-bond donors (Lipinski definition) is 1. The third-order valence-corrected chi connectivity index (χ3v) is 4.26. The van der Waals surface area contributed by atoms with Crippen LogP contribution >= 0.6 is 0 Å². The molecule has 0 saturated heterocycles. The van der Waals surface area contributed by atoms with E-state index in [0.717, 1.165) is 12.1 Å². The van der Waals surface area contributed by atoms with Crippen LogP contribution < -0.4 is 14.2 Å². The first kappa shape index (κ1) is 18.2. The summed E-state index contributed by atoms with van der Waals surface area (Å²) < 4.78 is 54.9. The van der Waals surface area contributed by atoms with Gasteiger partial charge in [-0.15, -0.1) is 0 Å². The number of hydrogen-bond acceptors (Lipinski definition) is 6. The summed E-state index contributed by atoms with van der Waals surface area (Å²) in [6.45, 7) is 3.00. The molecule has 0 aliphatic rings. The number of carbonyl (C=O) groups excluding carboxylic acids is 1. The van der Waals surface area contributed by atoms with E-state index in [9.17, 15) is 17.6 Å². The fraction of sp³-hybridized carbons (Fsp3) is 0.462. The number of rotatable bonds is 7. The standard InChI is InChI=1S/C13H18FNO6S/c1-5-21-13(16)8(2)15-22(17,18)12-7-11(20-4)10(19-3)6-9(12)14/h6-8,15H,5H2,1-4H3/t8-/m1/s1. The van der Waals surface area contributed by atoms with E-state index in [4.69, 9.17) is 14.2 Å². The van der Waals surface area contributed by atoms with Gasteiger partial charge in [-0.05, 0) is 13.8 Å². The van der Waals surface area contributed by atoms with Crippen LogP contribution in [-0.4, -0.2) is 41.3 Å². The van der Waals surface area contributed by atoms with Gasteiger partial charge in [-0.1, -0.05) is 0 Å². The van der Waals surface area contributed by atoms with E-state index in [1.54, 1.807) is 6.92 Å². The van der Waals surface area contributed by atoms with Crippen LogP contribution in [0.4, 0.5) is 4.39 Å². The van der Waals surface area contributed by atoms with Crippen LogP contribution in [0.2, 0.25) is 0 Å². The fourth-order valence-corrected chi connectivity index (χ4v) is 2.92. The first-order valence-electron chi connectivity index (χ1n) is 6.37. The largest absolute Gasteiger partial charge is 0.493 e. The van der Waals surface area contributed by atoms with E-state index in [-0.39, 0.29) is 18.1 Å². The van der Waals surface area contributed by atoms with E-state index in [0.29, 0.717) is 0 Å². The number of sulfonamides is 1. The molecule has 1 atom stereocenters. The fourth-order valence-electron chi connectivity index (χ4n) is 1.65. The number of esters is 1. The molecule has 0 saturated carbocycles. The second-order valence-electron chi connectivity index (χ2n) is 4.23. The summed E-state index contributed by atoms with van der Waals surface area (Å²) in [7, 11) is -1.68. The van der Waals surface area contributed by atoms with E-state index < -0.39 is 32.7 Å². The summed E-state index contributed by atoms with van der Waals surface area (Å²) in [5.74, 6) is -1.68. The number of halogens is 1. The molecule has 0 amide bonds. The average Bonchev–Trinajstić information content (AvgIpc) is 2.46. The van der Waals surface area contributed by atoms with Gasteiger partial charge in [0, 0.05) is 12.1 Å². The minimum absolute atomic E-state index is 0.0491. The Kier molecular flexibility index (Phi) is 6.12. The van der Waals surface area contributed by atoms with Crippen LogP contribution in [0, 0.1) is 5.82 Å². The van der Waals surface area contributed by atoms with E-state index >= 15 is 0 Å². The maximum Gasteiger partial charge on any atom is 0.323 e. The molecular weight excluding hydrogens is 317 g/mol. The van der Waals surface area contributed by atoms with Crippen LogP contribution in [-0.2, 0) is 19.6 Å². The maximum atomic E-state index is 14.0. The minimum atomic E-state index is -4.27. The zero-order valence-electron chi connectivity index (χ0n) is 12.7. The Hall–Kier alpha value is -1.87. The summed E-state index contributed by atoms with van der Waals surface area (Å²) in [5, 5.41) is 0. The molecule has 1 rings (SSSR count). The van der Waals surface area contributed by atoms with Crippen molar-refractivity contribution in [2.24, 2.45) is 0 Å². The molecule has 22 heavy (non-hydrogen) atoms. The molecule has 0 fully saturated rings. The predicted octanol–water partition coefficient (Wildman–Crippen LogP) is 1.07. The van der Waals surface area contributed by atoms with Gasteiger partial charge in [0.05, 0.1) is 20.8 Å². The molecule has 1 N–H and O–H groups in total. The monoisotopic (exact) mass is 335 g/mol. The van der Waals surface area contributed by atoms with E-state index in [1.807, 2.05) is 4.72 Å². The number of ether oxygens (including phenoxy) is 3. The lowest BCUT2D eigenvalue weighted by Gasteiger charge is -2.15. The van der Waals surface area contributed by atoms with Gasteiger partial charge in [0.2, 0.25) is 10.0 Å². The maximum absolute atomic E-state index is 14.0. The second kappa shape index (κ2) is 7.41. The third-order valence-electron chi connectivity index (χ3n) is 2.70. The van der Waals surface area contributed by atoms with E-state index in [1.165, 1.54) is 21.1 Å². The molecule has 0 heterocycles. The van der Waals surface area contributed by atoms with Crippen LogP contribution in [0.3, 0.4) is 0 Å². The molecule has 0 aliphatic heterocycles. The summed E-state index contributed by atoms with van der Waals surface area (Å²) in [6.07, 6.45) is 0. The summed E-state index contributed by atoms with van der Waals surface area (Å²) in [4.78, 5) is 10.8. The molecule has 0 unspecified atom stereocenters. The topological polar surface area (TPSA) is 90.9 Å². The highest BCUT2D eigenvalue weighted by Gasteiger charge is 2.27. The van der Waals surface area contributed by atoms with Gasteiger partial charge in [0.1, 0.15) is 16.8 Å². The Morgan fingerprint density at radius 3 is 2.32 bits per heavy atom. The molecule has 9 heteroatoms. The van der Waals surface area contributed by atoms with Crippen LogP contribution in [0.1, 0.15) is 13.8 Å². The van der Waals surface area contributed by atoms with Crippen molar-refractivity contribution in [2.75, 3.05) is 20.8 Å². The molecule has 124 valence electrons. The average molecular weight is 335 g/mol. The van der Waals surface area contributed by atoms with Gasteiger partial charge in [-0.25, -0.2) is 12.8 Å². The zero-order valence-corrected chi connectivity index (χ0v) is 13.5. The first-order valence-corrected chi connectivity index (χ1v) is 7.85. The molecule has 0 bridgehead atoms. The smallest absolute Gasteiger partial charge is 0.323 e. The summed E-state index contributed by atoms with van der Waals surface area (Å²) >= 11 is 0. The van der Waals surface area contributed by atoms with E-state index in [2.05, 4.69) is 0 Å². The lowest BCUT2D eigenvalue weighted by molar-refractivity contribution is -0.144. The number of methoxy groups -OCH3 is 2. The molecule has 0 radical (unpaired) electrons. The van der Waals surface area contributed by atoms with Crippen molar-refractivity contribution in [1.82, 2.24) is 4.72 Å². The Balaban J connectivity index is 3.15. The zero-order chi connectivity index (χ0) is 16.9. The summed E-state index contributed by atoms with van der Waals surface area (Å²) in [6, 6.07) is 0.717. The van der Waals surface area contributed by atoms with Crippen molar-refractivity contribution in [1.29, 1.82) is 0 Å². The summed E-state index contributed by atoms with van der Waals surface area (Å²) in [5.41, 5.74) is 0. The van der Waals surface area contributed by atoms with Crippen LogP contribution in [0.5, 0.6) is 11.5 Å². The molecule has 1 aromatic rings. The quantitative estimate of drug-likeness (QED) is 0.750. The highest BCUT2D eigenvalue weighted by Crippen LogP contribution is 2.31. The molecule has 0 spiro atoms. The molecule has 7 nitrogen and oxygen atoms in total. The number of carbonyl (C=O) groups is 1. The normalized spacial score (nSPS) is 12.6. The van der Waals surface area contributed by atoms with Gasteiger partial charge < -0.3 is 14.2 Å². The number of nitrogens with one attached hydrogen (secondary N) is 1. The van der Waals surface area contributed by atoms with Gasteiger partial charge in [0.25, 0.3) is 0 Å². The lowest BCUT2D eigenvalue weighted by atomic mass is 10.3. The van der Waals surface area contributed by atoms with Gasteiger partial charge in [0.15, 0.2) is 11.5 Å². The Labute approximate surface area is 128 Å². The first-order chi connectivity index (χ1) is 10.3. The minimum Gasteiger partial charge on any atom is -0.493 e. The molecule has 1 aromatic carbocycles. The Bertz CT molecular complexity index is 646. The molecule has 0 aromatic heterocycles. The Morgan fingerprint density at radius 1 is 1.27 bits per heavy atom. The molecular formula is C13H18FNO6S. The van der Waals surface area contributed by atoms with Gasteiger partial charge >= 0.3 is 5.97 Å². The van der Waals surface area contributed by atoms with Crippen molar-refractivity contribution < 1.29 is 31.8 Å². The number of benzene rings is 1.